The second-order valence-electron chi connectivity index (χ2n) is 5.35. The zero-order valence-electron chi connectivity index (χ0n) is 13.8. The van der Waals surface area contributed by atoms with Crippen LogP contribution in [0.3, 0.4) is 0 Å². The molecule has 0 aliphatic carbocycles. The van der Waals surface area contributed by atoms with E-state index < -0.39 is 30.0 Å². The fourth-order valence-electron chi connectivity index (χ4n) is 1.96. The molecule has 0 saturated carbocycles. The van der Waals surface area contributed by atoms with Crippen molar-refractivity contribution >= 4 is 23.9 Å². The maximum atomic E-state index is 12.0. The van der Waals surface area contributed by atoms with Gasteiger partial charge in [0.25, 0.3) is 0 Å². The normalized spacial score (nSPS) is 11.4. The highest BCUT2D eigenvalue weighted by molar-refractivity contribution is 6.02. The number of aliphatic carboxylic acids is 1. The number of rotatable bonds is 10. The minimum atomic E-state index is -1.24. The summed E-state index contributed by atoms with van der Waals surface area (Å²) in [5, 5.41) is 17.5. The summed E-state index contributed by atoms with van der Waals surface area (Å²) in [5.41, 5.74) is -0.253. The van der Waals surface area contributed by atoms with Gasteiger partial charge in [0, 0.05) is 12.8 Å². The van der Waals surface area contributed by atoms with Gasteiger partial charge in [0.2, 0.25) is 0 Å². The van der Waals surface area contributed by atoms with Crippen LogP contribution in [-0.4, -0.2) is 46.8 Å². The lowest BCUT2D eigenvalue weighted by Gasteiger charge is -2.14. The SMILES string of the molecule is CC(COC(=O)CCCCC(=O)O)OC(=O)c1ccccc1C(=O)O. The highest BCUT2D eigenvalue weighted by Crippen LogP contribution is 2.12. The van der Waals surface area contributed by atoms with Crippen LogP contribution in [0.4, 0.5) is 0 Å². The number of carbonyl (C=O) groups excluding carboxylic acids is 2. The molecule has 8 nitrogen and oxygen atoms in total. The van der Waals surface area contributed by atoms with Gasteiger partial charge in [-0.05, 0) is 31.9 Å². The smallest absolute Gasteiger partial charge is 0.339 e. The minimum Gasteiger partial charge on any atom is -0.481 e. The van der Waals surface area contributed by atoms with Crippen LogP contribution >= 0.6 is 0 Å². The molecule has 0 amide bonds. The fraction of sp³-hybridized carbons (Fsp3) is 0.412. The molecule has 0 heterocycles. The van der Waals surface area contributed by atoms with Crippen LogP contribution in [0.2, 0.25) is 0 Å². The van der Waals surface area contributed by atoms with Crippen molar-refractivity contribution in [2.75, 3.05) is 6.61 Å². The van der Waals surface area contributed by atoms with Crippen LogP contribution in [0, 0.1) is 0 Å². The lowest BCUT2D eigenvalue weighted by molar-refractivity contribution is -0.147. The number of benzene rings is 1. The Morgan fingerprint density at radius 1 is 1.00 bits per heavy atom. The average Bonchev–Trinajstić information content (AvgIpc) is 2.56. The predicted octanol–water partition coefficient (Wildman–Crippen LogP) is 2.12. The summed E-state index contributed by atoms with van der Waals surface area (Å²) < 4.78 is 10.0. The molecular weight excluding hydrogens is 332 g/mol. The van der Waals surface area contributed by atoms with Crippen LogP contribution in [0.25, 0.3) is 0 Å². The maximum Gasteiger partial charge on any atom is 0.339 e. The molecule has 0 radical (unpaired) electrons. The summed E-state index contributed by atoms with van der Waals surface area (Å²) >= 11 is 0. The standard InChI is InChI=1S/C17H20O8/c1-11(10-24-15(20)9-5-4-8-14(18)19)25-17(23)13-7-3-2-6-12(13)16(21)22/h2-3,6-7,11H,4-5,8-10H2,1H3,(H,18,19)(H,21,22). The fourth-order valence-corrected chi connectivity index (χ4v) is 1.96. The second kappa shape index (κ2) is 10.1. The Hall–Kier alpha value is -2.90. The number of hydrogen-bond acceptors (Lipinski definition) is 6. The number of unbranched alkanes of at least 4 members (excludes halogenated alkanes) is 1. The quantitative estimate of drug-likeness (QED) is 0.484. The molecule has 1 aromatic carbocycles. The van der Waals surface area contributed by atoms with Gasteiger partial charge in [0.1, 0.15) is 12.7 Å². The summed E-state index contributed by atoms with van der Waals surface area (Å²) in [6.45, 7) is 1.34. The largest absolute Gasteiger partial charge is 0.481 e. The molecule has 1 rings (SSSR count). The monoisotopic (exact) mass is 352 g/mol. The Morgan fingerprint density at radius 3 is 2.20 bits per heavy atom. The van der Waals surface area contributed by atoms with Crippen molar-refractivity contribution in [1.29, 1.82) is 0 Å². The van der Waals surface area contributed by atoms with Crippen LogP contribution in [-0.2, 0) is 19.1 Å². The van der Waals surface area contributed by atoms with E-state index in [1.807, 2.05) is 0 Å². The van der Waals surface area contributed by atoms with E-state index >= 15 is 0 Å². The summed E-state index contributed by atoms with van der Waals surface area (Å²) in [4.78, 5) is 44.9. The molecule has 2 N–H and O–H groups in total. The zero-order chi connectivity index (χ0) is 18.8. The third-order valence-corrected chi connectivity index (χ3v) is 3.19. The summed E-state index contributed by atoms with van der Waals surface area (Å²) in [6, 6.07) is 5.65. The van der Waals surface area contributed by atoms with Crippen molar-refractivity contribution in [3.63, 3.8) is 0 Å². The Kier molecular flexibility index (Phi) is 8.11. The number of esters is 2. The van der Waals surface area contributed by atoms with Crippen molar-refractivity contribution < 1.29 is 38.9 Å². The number of aromatic carboxylic acids is 1. The van der Waals surface area contributed by atoms with E-state index in [1.165, 1.54) is 31.2 Å². The molecule has 25 heavy (non-hydrogen) atoms. The molecule has 1 atom stereocenters. The van der Waals surface area contributed by atoms with Crippen molar-refractivity contribution in [2.45, 2.75) is 38.7 Å². The third-order valence-electron chi connectivity index (χ3n) is 3.19. The van der Waals surface area contributed by atoms with Gasteiger partial charge < -0.3 is 19.7 Å². The maximum absolute atomic E-state index is 12.0. The number of carboxylic acids is 2. The second-order valence-corrected chi connectivity index (χ2v) is 5.35. The van der Waals surface area contributed by atoms with Gasteiger partial charge >= 0.3 is 23.9 Å². The molecule has 1 unspecified atom stereocenters. The van der Waals surface area contributed by atoms with E-state index in [9.17, 15) is 19.2 Å². The Labute approximate surface area is 144 Å². The first-order valence-corrected chi connectivity index (χ1v) is 7.72. The van der Waals surface area contributed by atoms with Crippen LogP contribution < -0.4 is 0 Å². The van der Waals surface area contributed by atoms with Gasteiger partial charge in [-0.3, -0.25) is 9.59 Å². The van der Waals surface area contributed by atoms with Gasteiger partial charge in [-0.1, -0.05) is 12.1 Å². The molecule has 0 bridgehead atoms. The van der Waals surface area contributed by atoms with E-state index in [-0.39, 0.29) is 30.6 Å². The van der Waals surface area contributed by atoms with E-state index in [1.54, 1.807) is 0 Å². The molecule has 0 aliphatic heterocycles. The molecule has 0 aromatic heterocycles. The number of carboxylic acid groups (broad SMARTS) is 2. The lowest BCUT2D eigenvalue weighted by Crippen LogP contribution is -2.23. The average molecular weight is 352 g/mol. The zero-order valence-corrected chi connectivity index (χ0v) is 13.8. The minimum absolute atomic E-state index is 0.00964. The third kappa shape index (κ3) is 7.47. The molecular formula is C17H20O8. The van der Waals surface area contributed by atoms with Gasteiger partial charge in [0.05, 0.1) is 11.1 Å². The van der Waals surface area contributed by atoms with Gasteiger partial charge in [0.15, 0.2) is 0 Å². The predicted molar refractivity (Wildman–Crippen MR) is 85.3 cm³/mol. The highest BCUT2D eigenvalue weighted by atomic mass is 16.6. The Bertz CT molecular complexity index is 637. The van der Waals surface area contributed by atoms with E-state index in [4.69, 9.17) is 19.7 Å². The van der Waals surface area contributed by atoms with Gasteiger partial charge in [-0.2, -0.15) is 0 Å². The molecule has 8 heteroatoms. The summed E-state index contributed by atoms with van der Waals surface area (Å²) in [7, 11) is 0. The topological polar surface area (TPSA) is 127 Å². The lowest BCUT2D eigenvalue weighted by atomic mass is 10.1. The van der Waals surface area contributed by atoms with Crippen molar-refractivity contribution in [3.8, 4) is 0 Å². The summed E-state index contributed by atoms with van der Waals surface area (Å²) in [5.74, 6) is -3.49. The molecule has 136 valence electrons. The number of hydrogen-bond donors (Lipinski definition) is 2. The Morgan fingerprint density at radius 2 is 1.60 bits per heavy atom. The van der Waals surface area contributed by atoms with Crippen molar-refractivity contribution in [3.05, 3.63) is 35.4 Å². The first-order chi connectivity index (χ1) is 11.8. The number of carbonyl (C=O) groups is 4. The molecule has 0 aliphatic rings. The highest BCUT2D eigenvalue weighted by Gasteiger charge is 2.19. The van der Waals surface area contributed by atoms with Crippen molar-refractivity contribution in [1.82, 2.24) is 0 Å². The number of ether oxygens (including phenoxy) is 2. The van der Waals surface area contributed by atoms with E-state index in [0.29, 0.717) is 12.8 Å². The molecule has 0 saturated heterocycles. The van der Waals surface area contributed by atoms with Crippen LogP contribution in [0.5, 0.6) is 0 Å². The molecule has 1 aromatic rings. The van der Waals surface area contributed by atoms with Gasteiger partial charge in [-0.15, -0.1) is 0 Å². The molecule has 0 fully saturated rings. The van der Waals surface area contributed by atoms with Crippen LogP contribution in [0.15, 0.2) is 24.3 Å². The van der Waals surface area contributed by atoms with Crippen LogP contribution in [0.1, 0.15) is 53.3 Å². The van der Waals surface area contributed by atoms with E-state index in [0.717, 1.165) is 0 Å². The summed E-state index contributed by atoms with van der Waals surface area (Å²) in [6.07, 6.45) is 0.0871. The first-order valence-electron chi connectivity index (χ1n) is 7.72. The van der Waals surface area contributed by atoms with Gasteiger partial charge in [-0.25, -0.2) is 9.59 Å². The Balaban J connectivity index is 2.40. The van der Waals surface area contributed by atoms with E-state index in [2.05, 4.69) is 0 Å². The van der Waals surface area contributed by atoms with Crippen molar-refractivity contribution in [2.24, 2.45) is 0 Å². The molecule has 0 spiro atoms. The first kappa shape index (κ1) is 20.1.